The maximum Gasteiger partial charge on any atom is 0.177 e. The molecule has 0 heterocycles. The summed E-state index contributed by atoms with van der Waals surface area (Å²) in [6.45, 7) is 4.57. The minimum absolute atomic E-state index is 0.166. The summed E-state index contributed by atoms with van der Waals surface area (Å²) >= 11 is 0. The molecule has 0 N–H and O–H groups in total. The number of unbranched alkanes of at least 4 members (excludes halogenated alkanes) is 26. The van der Waals surface area contributed by atoms with Crippen molar-refractivity contribution < 1.29 is 4.79 Å². The summed E-state index contributed by atoms with van der Waals surface area (Å²) in [6.07, 6.45) is 46.0. The van der Waals surface area contributed by atoms with Gasteiger partial charge in [0.1, 0.15) is 0 Å². The van der Waals surface area contributed by atoms with Crippen LogP contribution in [-0.2, 0) is 4.79 Å². The number of carbonyl (C=O) groups is 1. The van der Waals surface area contributed by atoms with Crippen molar-refractivity contribution in [2.45, 2.75) is 194 Å². The van der Waals surface area contributed by atoms with Crippen LogP contribution in [0.15, 0.2) is 24.3 Å². The first-order valence-electron chi connectivity index (χ1n) is 16.7. The van der Waals surface area contributed by atoms with Crippen LogP contribution in [0.4, 0.5) is 0 Å². The lowest BCUT2D eigenvalue weighted by Gasteiger charge is -2.02. The second-order valence-corrected chi connectivity index (χ2v) is 11.3. The second kappa shape index (κ2) is 32.2. The Bertz CT molecular complexity index is 433. The van der Waals surface area contributed by atoms with Crippen LogP contribution in [-0.4, -0.2) is 5.78 Å². The van der Waals surface area contributed by atoms with Crippen molar-refractivity contribution in [1.29, 1.82) is 0 Å². The third-order valence-corrected chi connectivity index (χ3v) is 7.51. The van der Waals surface area contributed by atoms with Gasteiger partial charge in [0.05, 0.1) is 0 Å². The van der Waals surface area contributed by atoms with E-state index in [9.17, 15) is 4.79 Å². The minimum atomic E-state index is 0.166. The molecule has 0 aliphatic rings. The predicted molar refractivity (Wildman–Crippen MR) is 164 cm³/mol. The lowest BCUT2D eigenvalue weighted by molar-refractivity contribution is -0.110. The molecule has 0 rings (SSSR count). The van der Waals surface area contributed by atoms with E-state index in [1.807, 2.05) is 0 Å². The van der Waals surface area contributed by atoms with Gasteiger partial charge in [-0.15, -0.1) is 0 Å². The van der Waals surface area contributed by atoms with Gasteiger partial charge in [-0.05, 0) is 37.8 Å². The third-order valence-electron chi connectivity index (χ3n) is 7.51. The summed E-state index contributed by atoms with van der Waals surface area (Å²) in [7, 11) is 0. The zero-order valence-corrected chi connectivity index (χ0v) is 25.0. The van der Waals surface area contributed by atoms with Gasteiger partial charge in [-0.3, -0.25) is 4.79 Å². The van der Waals surface area contributed by atoms with Gasteiger partial charge in [0, 0.05) is 0 Å². The number of hydrogen-bond donors (Lipinski definition) is 0. The summed E-state index contributed by atoms with van der Waals surface area (Å²) < 4.78 is 0. The number of rotatable bonds is 30. The third kappa shape index (κ3) is 31.2. The average Bonchev–Trinajstić information content (AvgIpc) is 2.88. The maximum absolute atomic E-state index is 11.9. The van der Waals surface area contributed by atoms with Crippen LogP contribution in [0.1, 0.15) is 194 Å². The molecule has 0 atom stereocenters. The van der Waals surface area contributed by atoms with E-state index >= 15 is 0 Å². The van der Waals surface area contributed by atoms with E-state index in [1.165, 1.54) is 167 Å². The normalized spacial score (nSPS) is 11.8. The van der Waals surface area contributed by atoms with Crippen molar-refractivity contribution in [1.82, 2.24) is 0 Å². The molecule has 0 aromatic carbocycles. The molecule has 36 heavy (non-hydrogen) atoms. The van der Waals surface area contributed by atoms with Gasteiger partial charge in [-0.1, -0.05) is 180 Å². The van der Waals surface area contributed by atoms with Crippen molar-refractivity contribution in [2.75, 3.05) is 0 Å². The van der Waals surface area contributed by atoms with Crippen LogP contribution in [0.25, 0.3) is 0 Å². The zero-order valence-electron chi connectivity index (χ0n) is 25.0. The van der Waals surface area contributed by atoms with Crippen LogP contribution in [0.2, 0.25) is 0 Å². The summed E-state index contributed by atoms with van der Waals surface area (Å²) in [4.78, 5) is 11.9. The van der Waals surface area contributed by atoms with Crippen LogP contribution in [0.3, 0.4) is 0 Å². The van der Waals surface area contributed by atoms with Crippen LogP contribution in [0, 0.1) is 0 Å². The maximum atomic E-state index is 11.9. The Morgan fingerprint density at radius 2 is 0.583 bits per heavy atom. The number of carbonyl (C=O) groups excluding carboxylic acids is 1. The molecule has 0 aromatic heterocycles. The number of ketones is 1. The van der Waals surface area contributed by atoms with E-state index in [2.05, 4.69) is 26.0 Å². The molecule has 1 heteroatoms. The first kappa shape index (κ1) is 35.2. The molecule has 0 aromatic rings. The van der Waals surface area contributed by atoms with E-state index in [0.717, 1.165) is 12.8 Å². The Morgan fingerprint density at radius 1 is 0.361 bits per heavy atom. The highest BCUT2D eigenvalue weighted by Gasteiger charge is 1.95. The Labute approximate surface area is 228 Å². The first-order valence-corrected chi connectivity index (χ1v) is 16.7. The first-order chi connectivity index (χ1) is 17.8. The van der Waals surface area contributed by atoms with Crippen molar-refractivity contribution in [2.24, 2.45) is 0 Å². The number of hydrogen-bond acceptors (Lipinski definition) is 1. The van der Waals surface area contributed by atoms with Crippen molar-refractivity contribution >= 4 is 5.78 Å². The smallest absolute Gasteiger partial charge is 0.177 e. The largest absolute Gasteiger partial charge is 0.290 e. The van der Waals surface area contributed by atoms with Crippen LogP contribution < -0.4 is 0 Å². The molecule has 0 bridgehead atoms. The van der Waals surface area contributed by atoms with Crippen LogP contribution in [0.5, 0.6) is 0 Å². The van der Waals surface area contributed by atoms with Gasteiger partial charge in [0.2, 0.25) is 0 Å². The standard InChI is InChI=1S/C35H66O/c1-3-5-7-9-11-13-15-17-19-21-23-25-27-29-31-33-35(36)34-32-30-28-26-24-22-20-18-16-14-12-10-8-6-4-2/h31-34H,3-30H2,1-2H3. The molecular formula is C35H66O. The summed E-state index contributed by atoms with van der Waals surface area (Å²) in [5.74, 6) is 0.166. The highest BCUT2D eigenvalue weighted by molar-refractivity contribution is 5.99. The molecular weight excluding hydrogens is 436 g/mol. The number of allylic oxidation sites excluding steroid dienone is 4. The van der Waals surface area contributed by atoms with Gasteiger partial charge >= 0.3 is 0 Å². The molecule has 1 nitrogen and oxygen atoms in total. The van der Waals surface area contributed by atoms with E-state index in [4.69, 9.17) is 0 Å². The topological polar surface area (TPSA) is 17.1 Å². The Morgan fingerprint density at radius 3 is 0.833 bits per heavy atom. The molecule has 0 aliphatic heterocycles. The van der Waals surface area contributed by atoms with Crippen LogP contribution >= 0.6 is 0 Å². The Hall–Kier alpha value is -0.850. The molecule has 0 spiro atoms. The summed E-state index contributed by atoms with van der Waals surface area (Å²) in [5.41, 5.74) is 0. The molecule has 0 radical (unpaired) electrons. The summed E-state index contributed by atoms with van der Waals surface area (Å²) in [6, 6.07) is 0. The van der Waals surface area contributed by atoms with Gasteiger partial charge in [0.15, 0.2) is 5.78 Å². The van der Waals surface area contributed by atoms with E-state index in [0.29, 0.717) is 0 Å². The average molecular weight is 503 g/mol. The van der Waals surface area contributed by atoms with Gasteiger partial charge in [-0.2, -0.15) is 0 Å². The van der Waals surface area contributed by atoms with Crippen molar-refractivity contribution in [3.63, 3.8) is 0 Å². The second-order valence-electron chi connectivity index (χ2n) is 11.3. The van der Waals surface area contributed by atoms with E-state index in [-0.39, 0.29) is 5.78 Å². The van der Waals surface area contributed by atoms with Gasteiger partial charge in [-0.25, -0.2) is 0 Å². The Kier molecular flexibility index (Phi) is 31.4. The highest BCUT2D eigenvalue weighted by Crippen LogP contribution is 2.14. The van der Waals surface area contributed by atoms with E-state index < -0.39 is 0 Å². The van der Waals surface area contributed by atoms with Crippen molar-refractivity contribution in [3.8, 4) is 0 Å². The van der Waals surface area contributed by atoms with Gasteiger partial charge in [0.25, 0.3) is 0 Å². The molecule has 0 fully saturated rings. The molecule has 0 unspecified atom stereocenters. The fourth-order valence-corrected chi connectivity index (χ4v) is 5.01. The molecule has 0 aliphatic carbocycles. The Balaban J connectivity index is 3.29. The molecule has 0 saturated heterocycles. The monoisotopic (exact) mass is 503 g/mol. The molecule has 212 valence electrons. The minimum Gasteiger partial charge on any atom is -0.290 e. The fraction of sp³-hybridized carbons (Fsp3) is 0.857. The lowest BCUT2D eigenvalue weighted by Crippen LogP contribution is -1.86. The highest BCUT2D eigenvalue weighted by atomic mass is 16.1. The predicted octanol–water partition coefficient (Wildman–Crippen LogP) is 12.6. The molecule has 0 saturated carbocycles. The molecule has 0 amide bonds. The van der Waals surface area contributed by atoms with Gasteiger partial charge < -0.3 is 0 Å². The quantitative estimate of drug-likeness (QED) is 0.0704. The SMILES string of the molecule is CCCCCCCCCCCCCCCC=CC(=O)C=CCCCCCCCCCCCCCCC. The van der Waals surface area contributed by atoms with E-state index in [1.54, 1.807) is 12.2 Å². The lowest BCUT2D eigenvalue weighted by atomic mass is 10.0. The van der Waals surface area contributed by atoms with Crippen molar-refractivity contribution in [3.05, 3.63) is 24.3 Å². The fourth-order valence-electron chi connectivity index (χ4n) is 5.01. The summed E-state index contributed by atoms with van der Waals surface area (Å²) in [5, 5.41) is 0. The zero-order chi connectivity index (χ0) is 26.2.